The van der Waals surface area contributed by atoms with Crippen molar-refractivity contribution in [2.24, 2.45) is 0 Å². The number of nitrogens with one attached hydrogen (secondary N) is 2. The molecular weight excluding hydrogens is 464 g/mol. The number of nitrogens with zero attached hydrogens (tertiary/aromatic N) is 2. The van der Waals surface area contributed by atoms with E-state index in [1.165, 1.54) is 11.6 Å². The molecule has 0 spiro atoms. The van der Waals surface area contributed by atoms with Gasteiger partial charge in [0, 0.05) is 65.5 Å². The molecule has 32 heavy (non-hydrogen) atoms. The Morgan fingerprint density at radius 3 is 2.75 bits per heavy atom. The molecule has 0 saturated carbocycles. The van der Waals surface area contributed by atoms with Crippen molar-refractivity contribution in [2.75, 3.05) is 31.6 Å². The van der Waals surface area contributed by atoms with E-state index in [9.17, 15) is 4.79 Å². The zero-order valence-electron chi connectivity index (χ0n) is 19.5. The van der Waals surface area contributed by atoms with E-state index in [4.69, 9.17) is 0 Å². The van der Waals surface area contributed by atoms with Gasteiger partial charge in [-0.1, -0.05) is 35.7 Å². The molecule has 0 bridgehead atoms. The number of likely N-dealkylation sites (tertiary alicyclic amines) is 1. The number of allylic oxidation sites excluding steroid dienone is 3. The van der Waals surface area contributed by atoms with Gasteiger partial charge in [-0.25, -0.2) is 0 Å². The highest BCUT2D eigenvalue weighted by atomic mass is 79.9. The van der Waals surface area contributed by atoms with Crippen molar-refractivity contribution in [3.63, 3.8) is 0 Å². The van der Waals surface area contributed by atoms with E-state index in [0.717, 1.165) is 56.9 Å². The molecule has 0 radical (unpaired) electrons. The topological polar surface area (TPSA) is 47.6 Å². The van der Waals surface area contributed by atoms with Gasteiger partial charge in [-0.2, -0.15) is 0 Å². The lowest BCUT2D eigenvalue weighted by atomic mass is 10.0. The van der Waals surface area contributed by atoms with Gasteiger partial charge in [-0.3, -0.25) is 4.79 Å². The van der Waals surface area contributed by atoms with Crippen LogP contribution in [0, 0.1) is 6.92 Å². The summed E-state index contributed by atoms with van der Waals surface area (Å²) in [6.45, 7) is 20.5. The fourth-order valence-corrected chi connectivity index (χ4v) is 4.91. The summed E-state index contributed by atoms with van der Waals surface area (Å²) in [5, 5.41) is 6.80. The Morgan fingerprint density at radius 2 is 2.09 bits per heavy atom. The van der Waals surface area contributed by atoms with Crippen LogP contribution >= 0.6 is 15.9 Å². The minimum absolute atomic E-state index is 0.00133. The third kappa shape index (κ3) is 5.01. The summed E-state index contributed by atoms with van der Waals surface area (Å²) in [6, 6.07) is 4.50. The maximum atomic E-state index is 12.0. The second-order valence-corrected chi connectivity index (χ2v) is 9.48. The van der Waals surface area contributed by atoms with Crippen LogP contribution in [0.25, 0.3) is 5.70 Å². The third-order valence-electron chi connectivity index (χ3n) is 6.35. The lowest BCUT2D eigenvalue weighted by Crippen LogP contribution is -2.36. The molecule has 2 aliphatic heterocycles. The zero-order valence-corrected chi connectivity index (χ0v) is 21.1. The Morgan fingerprint density at radius 1 is 1.38 bits per heavy atom. The first-order chi connectivity index (χ1) is 15.1. The summed E-state index contributed by atoms with van der Waals surface area (Å²) < 4.78 is 0.998. The van der Waals surface area contributed by atoms with E-state index in [1.54, 1.807) is 0 Å². The van der Waals surface area contributed by atoms with Gasteiger partial charge in [0.1, 0.15) is 0 Å². The third-order valence-corrected chi connectivity index (χ3v) is 6.81. The molecule has 0 aromatic heterocycles. The number of carbonyl (C=O) groups is 1. The van der Waals surface area contributed by atoms with E-state index in [1.807, 2.05) is 11.8 Å². The van der Waals surface area contributed by atoms with Crippen LogP contribution < -0.4 is 15.5 Å². The van der Waals surface area contributed by atoms with Gasteiger partial charge in [0.05, 0.1) is 0 Å². The van der Waals surface area contributed by atoms with E-state index in [-0.39, 0.29) is 11.9 Å². The molecule has 1 saturated heterocycles. The highest BCUT2D eigenvalue weighted by molar-refractivity contribution is 9.10. The number of benzene rings is 1. The molecule has 1 fully saturated rings. The van der Waals surface area contributed by atoms with Gasteiger partial charge in [-0.15, -0.1) is 0 Å². The van der Waals surface area contributed by atoms with Crippen LogP contribution in [0.1, 0.15) is 31.4 Å². The average molecular weight is 497 g/mol. The maximum absolute atomic E-state index is 12.0. The summed E-state index contributed by atoms with van der Waals surface area (Å²) in [5.41, 5.74) is 8.61. The fraction of sp³-hybridized carbons (Fsp3) is 0.346. The molecule has 2 heterocycles. The Balaban J connectivity index is 1.78. The predicted molar refractivity (Wildman–Crippen MR) is 138 cm³/mol. The molecule has 3 rings (SSSR count). The minimum atomic E-state index is -0.00133. The lowest BCUT2D eigenvalue weighted by molar-refractivity contribution is -0.125. The van der Waals surface area contributed by atoms with Crippen LogP contribution in [0.4, 0.5) is 5.69 Å². The Hall–Kier alpha value is -2.73. The van der Waals surface area contributed by atoms with Gasteiger partial charge < -0.3 is 20.4 Å². The number of anilines is 1. The molecule has 6 heteroatoms. The van der Waals surface area contributed by atoms with Gasteiger partial charge in [0.15, 0.2) is 0 Å². The summed E-state index contributed by atoms with van der Waals surface area (Å²) in [6.07, 6.45) is 4.46. The number of hydrogen-bond acceptors (Lipinski definition) is 4. The molecule has 1 amide bonds. The first-order valence-corrected chi connectivity index (χ1v) is 11.6. The number of halogens is 1. The number of dihydropyridines is 1. The minimum Gasteiger partial charge on any atom is -0.381 e. The predicted octanol–water partition coefficient (Wildman–Crippen LogP) is 4.88. The summed E-state index contributed by atoms with van der Waals surface area (Å²) in [5.74, 6) is -0.00133. The van der Waals surface area contributed by atoms with Crippen molar-refractivity contribution in [1.29, 1.82) is 0 Å². The highest BCUT2D eigenvalue weighted by Gasteiger charge is 2.29. The smallest absolute Gasteiger partial charge is 0.246 e. The van der Waals surface area contributed by atoms with E-state index in [2.05, 4.69) is 90.3 Å². The van der Waals surface area contributed by atoms with Gasteiger partial charge >= 0.3 is 0 Å². The van der Waals surface area contributed by atoms with Crippen LogP contribution in [-0.2, 0) is 4.79 Å². The first kappa shape index (κ1) is 23.9. The SMILES string of the molecule is C=CC(=O)N1CCC(N(C)c2cc(Br)cc(C(=C)NCC3=C(C)C=C(C)NC3=C)c2C)C1. The molecular formula is C26H33BrN4O. The maximum Gasteiger partial charge on any atom is 0.246 e. The molecule has 1 aromatic rings. The molecule has 2 N–H and O–H groups in total. The largest absolute Gasteiger partial charge is 0.381 e. The van der Waals surface area contributed by atoms with Crippen molar-refractivity contribution >= 4 is 33.2 Å². The normalized spacial score (nSPS) is 18.3. The average Bonchev–Trinajstić information content (AvgIpc) is 3.23. The second kappa shape index (κ2) is 9.82. The Kier molecular flexibility index (Phi) is 7.34. The van der Waals surface area contributed by atoms with Crippen LogP contribution in [0.5, 0.6) is 0 Å². The number of likely N-dealkylation sites (N-methyl/N-ethyl adjacent to an activating group) is 1. The van der Waals surface area contributed by atoms with Crippen molar-refractivity contribution in [3.8, 4) is 0 Å². The zero-order chi connectivity index (χ0) is 23.6. The molecule has 2 aliphatic rings. The summed E-state index contributed by atoms with van der Waals surface area (Å²) in [7, 11) is 2.10. The first-order valence-electron chi connectivity index (χ1n) is 10.8. The molecule has 5 nitrogen and oxygen atoms in total. The molecule has 1 unspecified atom stereocenters. The van der Waals surface area contributed by atoms with E-state index < -0.39 is 0 Å². The standard InChI is InChI=1S/C26H33BrN4O/c1-8-26(32)31-10-9-22(15-31)30(7)25-13-21(27)12-23(18(25)4)19(5)28-14-24-16(2)11-17(3)29-20(24)6/h8,11-13,22,28-29H,1,5-6,9-10,14-15H2,2-4,7H3. The van der Waals surface area contributed by atoms with Gasteiger partial charge in [0.2, 0.25) is 5.91 Å². The van der Waals surface area contributed by atoms with Gasteiger partial charge in [-0.05, 0) is 68.2 Å². The molecule has 1 aromatic carbocycles. The van der Waals surface area contributed by atoms with Crippen molar-refractivity contribution in [2.45, 2.75) is 33.2 Å². The van der Waals surface area contributed by atoms with Crippen molar-refractivity contribution in [3.05, 3.63) is 82.2 Å². The van der Waals surface area contributed by atoms with Crippen LogP contribution in [0.2, 0.25) is 0 Å². The van der Waals surface area contributed by atoms with Crippen LogP contribution in [0.3, 0.4) is 0 Å². The number of carbonyl (C=O) groups excluding carboxylic acids is 1. The molecule has 170 valence electrons. The molecule has 0 aliphatic carbocycles. The number of amides is 1. The number of rotatable bonds is 7. The van der Waals surface area contributed by atoms with Crippen molar-refractivity contribution < 1.29 is 4.79 Å². The Labute approximate surface area is 200 Å². The van der Waals surface area contributed by atoms with Crippen LogP contribution in [0.15, 0.2) is 71.0 Å². The Bertz CT molecular complexity index is 1040. The number of hydrogen-bond donors (Lipinski definition) is 2. The highest BCUT2D eigenvalue weighted by Crippen LogP contribution is 2.33. The van der Waals surface area contributed by atoms with Crippen molar-refractivity contribution in [1.82, 2.24) is 15.5 Å². The van der Waals surface area contributed by atoms with Crippen LogP contribution in [-0.4, -0.2) is 43.5 Å². The van der Waals surface area contributed by atoms with Gasteiger partial charge in [0.25, 0.3) is 0 Å². The lowest BCUT2D eigenvalue weighted by Gasteiger charge is -2.30. The second-order valence-electron chi connectivity index (χ2n) is 8.56. The monoisotopic (exact) mass is 496 g/mol. The summed E-state index contributed by atoms with van der Waals surface area (Å²) in [4.78, 5) is 16.1. The van der Waals surface area contributed by atoms with E-state index >= 15 is 0 Å². The van der Waals surface area contributed by atoms with E-state index in [0.29, 0.717) is 13.1 Å². The fourth-order valence-electron chi connectivity index (χ4n) is 4.46. The summed E-state index contributed by atoms with van der Waals surface area (Å²) >= 11 is 3.68. The molecule has 1 atom stereocenters. The quantitative estimate of drug-likeness (QED) is 0.528.